The van der Waals surface area contributed by atoms with E-state index in [4.69, 9.17) is 0 Å². The Morgan fingerprint density at radius 3 is 2.47 bits per heavy atom. The van der Waals surface area contributed by atoms with E-state index in [2.05, 4.69) is 41.0 Å². The second-order valence-electron chi connectivity index (χ2n) is 4.56. The maximum absolute atomic E-state index is 9.50. The Bertz CT molecular complexity index is 486. The molecule has 0 saturated heterocycles. The molecule has 1 aromatic heterocycles. The molecule has 0 N–H and O–H groups in total. The van der Waals surface area contributed by atoms with E-state index in [1.807, 2.05) is 13.8 Å². The first-order valence-electron chi connectivity index (χ1n) is 7.14. The number of hydrogen-bond donors (Lipinski definition) is 0. The molecular weight excluding hydrogens is 239 g/mol. The van der Waals surface area contributed by atoms with Gasteiger partial charge < -0.3 is 0 Å². The minimum atomic E-state index is 0.500. The lowest BCUT2D eigenvalue weighted by Gasteiger charge is -2.01. The third kappa shape index (κ3) is 4.05. The van der Waals surface area contributed by atoms with Crippen LogP contribution in [-0.4, -0.2) is 17.0 Å². The fraction of sp³-hybridized carbons (Fsp3) is 0.562. The lowest BCUT2D eigenvalue weighted by molar-refractivity contribution is 0.558. The average molecular weight is 264 g/mol. The van der Waals surface area contributed by atoms with E-state index in [1.165, 1.54) is 30.2 Å². The van der Waals surface area contributed by atoms with Crippen LogP contribution in [0.15, 0.2) is 24.3 Å². The Kier molecular flexibility index (Phi) is 6.54. The van der Waals surface area contributed by atoms with Crippen molar-refractivity contribution < 1.29 is 4.39 Å². The largest absolute Gasteiger partial charge is 0.265 e. The molecule has 0 aliphatic heterocycles. The summed E-state index contributed by atoms with van der Waals surface area (Å²) in [6, 6.07) is 8.51. The molecule has 3 rings (SSSR count). The van der Waals surface area contributed by atoms with Crippen LogP contribution in [0.5, 0.6) is 0 Å². The molecule has 1 aliphatic carbocycles. The molecule has 3 heteroatoms. The van der Waals surface area contributed by atoms with Crippen molar-refractivity contribution in [2.75, 3.05) is 7.18 Å². The molecule has 0 spiro atoms. The maximum atomic E-state index is 9.50. The van der Waals surface area contributed by atoms with Gasteiger partial charge in [0.15, 0.2) is 0 Å². The highest BCUT2D eigenvalue weighted by molar-refractivity contribution is 5.81. The van der Waals surface area contributed by atoms with Gasteiger partial charge in [0.2, 0.25) is 0 Å². The summed E-state index contributed by atoms with van der Waals surface area (Å²) < 4.78 is 11.7. The van der Waals surface area contributed by atoms with E-state index < -0.39 is 0 Å². The molecule has 1 aliphatic rings. The standard InChI is InChI=1S/C13H16N2.C2H6.CH3F/c1-10-12-4-2-3-5-13(12)15(14-10)9-8-11-6-7-11;2*1-2/h2-5,11H,6-9H2,1H3;1-2H3;1H3. The topological polar surface area (TPSA) is 17.8 Å². The van der Waals surface area contributed by atoms with E-state index in [9.17, 15) is 4.39 Å². The number of aromatic nitrogens is 2. The lowest BCUT2D eigenvalue weighted by Crippen LogP contribution is -2.00. The molecule has 1 fully saturated rings. The van der Waals surface area contributed by atoms with Gasteiger partial charge in [-0.3, -0.25) is 9.07 Å². The quantitative estimate of drug-likeness (QED) is 0.781. The molecule has 1 aromatic carbocycles. The zero-order chi connectivity index (χ0) is 14.3. The molecule has 2 aromatic rings. The van der Waals surface area contributed by atoms with Crippen LogP contribution in [-0.2, 0) is 6.54 Å². The summed E-state index contributed by atoms with van der Waals surface area (Å²) in [5, 5.41) is 5.91. The van der Waals surface area contributed by atoms with Crippen LogP contribution in [0.2, 0.25) is 0 Å². The summed E-state index contributed by atoms with van der Waals surface area (Å²) in [6.07, 6.45) is 4.15. The molecule has 19 heavy (non-hydrogen) atoms. The Hall–Kier alpha value is -1.38. The van der Waals surface area contributed by atoms with Crippen molar-refractivity contribution in [3.8, 4) is 0 Å². The second-order valence-corrected chi connectivity index (χ2v) is 4.56. The minimum absolute atomic E-state index is 0.500. The summed E-state index contributed by atoms with van der Waals surface area (Å²) in [6.45, 7) is 7.18. The number of alkyl halides is 1. The second kappa shape index (κ2) is 7.93. The molecule has 2 nitrogen and oxygen atoms in total. The van der Waals surface area contributed by atoms with E-state index in [-0.39, 0.29) is 0 Å². The first kappa shape index (κ1) is 15.7. The highest BCUT2D eigenvalue weighted by Crippen LogP contribution is 2.33. The first-order chi connectivity index (χ1) is 9.34. The number of aryl methyl sites for hydroxylation is 2. The van der Waals surface area contributed by atoms with Gasteiger partial charge in [-0.15, -0.1) is 0 Å². The monoisotopic (exact) mass is 264 g/mol. The Labute approximate surface area is 115 Å². The smallest absolute Gasteiger partial charge is 0.0785 e. The number of fused-ring (bicyclic) bond motifs is 1. The lowest BCUT2D eigenvalue weighted by atomic mass is 10.2. The average Bonchev–Trinajstić information content (AvgIpc) is 3.27. The summed E-state index contributed by atoms with van der Waals surface area (Å²) >= 11 is 0. The Morgan fingerprint density at radius 2 is 1.84 bits per heavy atom. The summed E-state index contributed by atoms with van der Waals surface area (Å²) in [5.41, 5.74) is 2.44. The van der Waals surface area contributed by atoms with Crippen molar-refractivity contribution in [3.05, 3.63) is 30.0 Å². The number of para-hydroxylation sites is 1. The minimum Gasteiger partial charge on any atom is -0.265 e. The van der Waals surface area contributed by atoms with E-state index in [0.29, 0.717) is 7.18 Å². The predicted molar refractivity (Wildman–Crippen MR) is 80.2 cm³/mol. The number of nitrogens with zero attached hydrogens (tertiary/aromatic N) is 2. The summed E-state index contributed by atoms with van der Waals surface area (Å²) in [7, 11) is 0.500. The van der Waals surface area contributed by atoms with Crippen molar-refractivity contribution in [2.24, 2.45) is 5.92 Å². The van der Waals surface area contributed by atoms with Gasteiger partial charge in [-0.1, -0.05) is 44.9 Å². The fourth-order valence-electron chi connectivity index (χ4n) is 2.18. The van der Waals surface area contributed by atoms with Crippen LogP contribution in [0.25, 0.3) is 10.9 Å². The normalized spacial score (nSPS) is 13.3. The molecule has 0 unspecified atom stereocenters. The van der Waals surface area contributed by atoms with Crippen molar-refractivity contribution in [1.82, 2.24) is 9.78 Å². The van der Waals surface area contributed by atoms with Gasteiger partial charge in [-0.25, -0.2) is 0 Å². The third-order valence-corrected chi connectivity index (χ3v) is 3.29. The van der Waals surface area contributed by atoms with Crippen LogP contribution >= 0.6 is 0 Å². The summed E-state index contributed by atoms with van der Waals surface area (Å²) in [4.78, 5) is 0. The van der Waals surface area contributed by atoms with E-state index in [1.54, 1.807) is 0 Å². The van der Waals surface area contributed by atoms with Crippen molar-refractivity contribution in [1.29, 1.82) is 0 Å². The number of rotatable bonds is 3. The number of benzene rings is 1. The van der Waals surface area contributed by atoms with E-state index >= 15 is 0 Å². The maximum Gasteiger partial charge on any atom is 0.0785 e. The van der Waals surface area contributed by atoms with Crippen molar-refractivity contribution in [2.45, 2.75) is 46.6 Å². The van der Waals surface area contributed by atoms with Gasteiger partial charge in [-0.05, 0) is 25.3 Å². The van der Waals surface area contributed by atoms with Crippen molar-refractivity contribution in [3.63, 3.8) is 0 Å². The third-order valence-electron chi connectivity index (χ3n) is 3.29. The zero-order valence-electron chi connectivity index (χ0n) is 12.5. The summed E-state index contributed by atoms with van der Waals surface area (Å²) in [5.74, 6) is 0.980. The molecule has 0 atom stereocenters. The van der Waals surface area contributed by atoms with E-state index in [0.717, 1.165) is 18.2 Å². The fourth-order valence-corrected chi connectivity index (χ4v) is 2.18. The van der Waals surface area contributed by atoms with Crippen molar-refractivity contribution >= 4 is 10.9 Å². The molecule has 1 saturated carbocycles. The van der Waals surface area contributed by atoms with Crippen LogP contribution in [0, 0.1) is 12.8 Å². The Balaban J connectivity index is 0.000000415. The molecule has 0 amide bonds. The van der Waals surface area contributed by atoms with Gasteiger partial charge in [0.25, 0.3) is 0 Å². The molecule has 106 valence electrons. The number of hydrogen-bond acceptors (Lipinski definition) is 1. The van der Waals surface area contributed by atoms with Gasteiger partial charge in [0, 0.05) is 11.9 Å². The highest BCUT2D eigenvalue weighted by Gasteiger charge is 2.21. The highest BCUT2D eigenvalue weighted by atomic mass is 19.1. The first-order valence-corrected chi connectivity index (χ1v) is 7.14. The van der Waals surface area contributed by atoms with Crippen LogP contribution in [0.4, 0.5) is 4.39 Å². The molecular formula is C16H25FN2. The van der Waals surface area contributed by atoms with Gasteiger partial charge >= 0.3 is 0 Å². The van der Waals surface area contributed by atoms with Gasteiger partial charge in [-0.2, -0.15) is 5.10 Å². The molecule has 0 radical (unpaired) electrons. The van der Waals surface area contributed by atoms with Gasteiger partial charge in [0.1, 0.15) is 0 Å². The zero-order valence-corrected chi connectivity index (χ0v) is 12.5. The predicted octanol–water partition coefficient (Wildman–Crippen LogP) is 4.76. The van der Waals surface area contributed by atoms with Gasteiger partial charge in [0.05, 0.1) is 18.4 Å². The van der Waals surface area contributed by atoms with Crippen LogP contribution in [0.1, 0.15) is 38.8 Å². The SMILES string of the molecule is CC.CF.Cc1nn(CCC2CC2)c2ccccc12. The molecule has 0 bridgehead atoms. The molecule has 1 heterocycles. The van der Waals surface area contributed by atoms with Crippen LogP contribution < -0.4 is 0 Å². The number of halogens is 1. The Morgan fingerprint density at radius 1 is 1.21 bits per heavy atom. The van der Waals surface area contributed by atoms with Crippen LogP contribution in [0.3, 0.4) is 0 Å².